The Balaban J connectivity index is 1.97. The van der Waals surface area contributed by atoms with Gasteiger partial charge in [0.1, 0.15) is 33.8 Å². The molecule has 1 amide bonds. The van der Waals surface area contributed by atoms with Gasteiger partial charge in [-0.25, -0.2) is 15.0 Å². The molecular formula is C17H17N7O2. The van der Waals surface area contributed by atoms with Crippen molar-refractivity contribution < 1.29 is 9.53 Å². The summed E-state index contributed by atoms with van der Waals surface area (Å²) in [7, 11) is 1.52. The number of methoxy groups -OCH3 is 1. The van der Waals surface area contributed by atoms with Crippen molar-refractivity contribution in [1.29, 1.82) is 0 Å². The summed E-state index contributed by atoms with van der Waals surface area (Å²) >= 11 is 0. The highest BCUT2D eigenvalue weighted by atomic mass is 16.5. The number of hydrogen-bond donors (Lipinski definition) is 2. The normalized spacial score (nSPS) is 11.3. The van der Waals surface area contributed by atoms with Crippen LogP contribution in [0.2, 0.25) is 0 Å². The van der Waals surface area contributed by atoms with Gasteiger partial charge >= 0.3 is 0 Å². The molecule has 4 aromatic heterocycles. The third kappa shape index (κ3) is 2.36. The molecule has 0 aliphatic carbocycles. The molecule has 0 saturated heterocycles. The molecule has 0 atom stereocenters. The third-order valence-electron chi connectivity index (χ3n) is 4.17. The van der Waals surface area contributed by atoms with Gasteiger partial charge in [-0.1, -0.05) is 0 Å². The molecular weight excluding hydrogens is 334 g/mol. The lowest BCUT2D eigenvalue weighted by Crippen LogP contribution is -2.13. The van der Waals surface area contributed by atoms with Crippen molar-refractivity contribution >= 4 is 28.0 Å². The van der Waals surface area contributed by atoms with Gasteiger partial charge < -0.3 is 15.5 Å². The number of ether oxygens (including phenoxy) is 1. The lowest BCUT2D eigenvalue weighted by Gasteiger charge is -2.03. The largest absolute Gasteiger partial charge is 0.494 e. The van der Waals surface area contributed by atoms with Crippen molar-refractivity contribution in [1.82, 2.24) is 29.7 Å². The number of nitrogens with two attached hydrogens (primary N) is 1. The first-order chi connectivity index (χ1) is 12.5. The van der Waals surface area contributed by atoms with Crippen LogP contribution < -0.4 is 10.5 Å². The summed E-state index contributed by atoms with van der Waals surface area (Å²) in [6.07, 6.45) is 1.68. The number of aromatic nitrogens is 6. The summed E-state index contributed by atoms with van der Waals surface area (Å²) in [6, 6.07) is 3.45. The number of amides is 1. The van der Waals surface area contributed by atoms with Crippen LogP contribution >= 0.6 is 0 Å². The molecule has 4 rings (SSSR count). The summed E-state index contributed by atoms with van der Waals surface area (Å²) in [5.74, 6) is 0.401. The number of nitrogens with zero attached hydrogens (tertiary/aromatic N) is 5. The van der Waals surface area contributed by atoms with E-state index in [1.165, 1.54) is 13.2 Å². The van der Waals surface area contributed by atoms with Gasteiger partial charge in [0.2, 0.25) is 0 Å². The number of carbonyl (C=O) groups excluding carboxylic acids is 1. The molecule has 9 heteroatoms. The maximum absolute atomic E-state index is 11.5. The second-order valence-corrected chi connectivity index (χ2v) is 5.87. The Morgan fingerprint density at radius 2 is 2.15 bits per heavy atom. The molecule has 4 heterocycles. The van der Waals surface area contributed by atoms with Gasteiger partial charge in [-0.3, -0.25) is 9.48 Å². The fourth-order valence-electron chi connectivity index (χ4n) is 2.98. The van der Waals surface area contributed by atoms with Crippen molar-refractivity contribution in [3.63, 3.8) is 0 Å². The zero-order valence-corrected chi connectivity index (χ0v) is 14.6. The number of nitrogens with one attached hydrogen (secondary N) is 1. The summed E-state index contributed by atoms with van der Waals surface area (Å²) in [4.78, 5) is 28.1. The van der Waals surface area contributed by atoms with Crippen molar-refractivity contribution in [2.45, 2.75) is 20.4 Å². The van der Waals surface area contributed by atoms with Crippen LogP contribution in [0.5, 0.6) is 5.75 Å². The van der Waals surface area contributed by atoms with Crippen molar-refractivity contribution in [3.8, 4) is 17.3 Å². The summed E-state index contributed by atoms with van der Waals surface area (Å²) in [5.41, 5.74) is 9.00. The molecule has 0 aliphatic heterocycles. The average molecular weight is 351 g/mol. The van der Waals surface area contributed by atoms with E-state index in [1.54, 1.807) is 6.20 Å². The number of H-pyrrole nitrogens is 1. The SMILES string of the molecule is CCn1nc(C)cc1-c1ncc2c(n1)[nH]c1c(OC)cc(C(N)=O)nc12. The van der Waals surface area contributed by atoms with E-state index in [4.69, 9.17) is 10.5 Å². The summed E-state index contributed by atoms with van der Waals surface area (Å²) in [6.45, 7) is 4.66. The predicted molar refractivity (Wildman–Crippen MR) is 95.9 cm³/mol. The molecule has 0 aliphatic rings. The van der Waals surface area contributed by atoms with E-state index in [0.717, 1.165) is 11.4 Å². The van der Waals surface area contributed by atoms with Gasteiger partial charge in [-0.05, 0) is 19.9 Å². The maximum atomic E-state index is 11.5. The quantitative estimate of drug-likeness (QED) is 0.578. The zero-order chi connectivity index (χ0) is 18.4. The minimum absolute atomic E-state index is 0.124. The standard InChI is InChI=1S/C17H17N7O2/c1-4-24-11(5-8(2)23-24)17-19-7-9-13-14(21-16(9)22-17)12(26-3)6-10(20-13)15(18)25/h5-7H,4H2,1-3H3,(H2,18,25)(H,19,21,22). The first-order valence-electron chi connectivity index (χ1n) is 8.10. The van der Waals surface area contributed by atoms with E-state index < -0.39 is 5.91 Å². The van der Waals surface area contributed by atoms with E-state index >= 15 is 0 Å². The van der Waals surface area contributed by atoms with Crippen LogP contribution in [-0.2, 0) is 6.54 Å². The van der Waals surface area contributed by atoms with Crippen LogP contribution in [-0.4, -0.2) is 42.7 Å². The number of aromatic amines is 1. The Morgan fingerprint density at radius 1 is 1.35 bits per heavy atom. The van der Waals surface area contributed by atoms with E-state index in [1.807, 2.05) is 24.6 Å². The van der Waals surface area contributed by atoms with Crippen LogP contribution in [0.3, 0.4) is 0 Å². The highest BCUT2D eigenvalue weighted by Crippen LogP contribution is 2.31. The number of rotatable bonds is 4. The van der Waals surface area contributed by atoms with Gasteiger partial charge in [-0.2, -0.15) is 5.10 Å². The fourth-order valence-corrected chi connectivity index (χ4v) is 2.98. The minimum Gasteiger partial charge on any atom is -0.494 e. The molecule has 0 aromatic carbocycles. The van der Waals surface area contributed by atoms with Crippen LogP contribution in [0, 0.1) is 6.92 Å². The van der Waals surface area contributed by atoms with E-state index in [9.17, 15) is 4.79 Å². The minimum atomic E-state index is -0.626. The third-order valence-corrected chi connectivity index (χ3v) is 4.17. The molecule has 0 bridgehead atoms. The summed E-state index contributed by atoms with van der Waals surface area (Å²) < 4.78 is 7.21. The Kier molecular flexibility index (Phi) is 3.57. The lowest BCUT2D eigenvalue weighted by molar-refractivity contribution is 0.0995. The molecule has 9 nitrogen and oxygen atoms in total. The molecule has 0 unspecified atom stereocenters. The molecule has 0 fully saturated rings. The van der Waals surface area contributed by atoms with Crippen molar-refractivity contribution in [3.05, 3.63) is 29.7 Å². The molecule has 3 N–H and O–H groups in total. The van der Waals surface area contributed by atoms with Crippen molar-refractivity contribution in [2.75, 3.05) is 7.11 Å². The molecule has 0 radical (unpaired) electrons. The Morgan fingerprint density at radius 3 is 2.85 bits per heavy atom. The lowest BCUT2D eigenvalue weighted by atomic mass is 10.2. The average Bonchev–Trinajstić information content (AvgIpc) is 3.20. The van der Waals surface area contributed by atoms with Crippen LogP contribution in [0.4, 0.5) is 0 Å². The molecule has 4 aromatic rings. The Bertz CT molecular complexity index is 1160. The smallest absolute Gasteiger partial charge is 0.267 e. The highest BCUT2D eigenvalue weighted by molar-refractivity contribution is 6.07. The monoisotopic (exact) mass is 351 g/mol. The molecule has 132 valence electrons. The Hall–Kier alpha value is -3.49. The van der Waals surface area contributed by atoms with Gasteiger partial charge in [0.25, 0.3) is 5.91 Å². The van der Waals surface area contributed by atoms with Gasteiger partial charge in [-0.15, -0.1) is 0 Å². The number of fused-ring (bicyclic) bond motifs is 3. The van der Waals surface area contributed by atoms with E-state index in [0.29, 0.717) is 40.2 Å². The van der Waals surface area contributed by atoms with Gasteiger partial charge in [0.15, 0.2) is 5.82 Å². The fraction of sp³-hybridized carbons (Fsp3) is 0.235. The van der Waals surface area contributed by atoms with E-state index in [-0.39, 0.29) is 5.69 Å². The number of pyridine rings is 1. The number of primary amides is 1. The van der Waals surface area contributed by atoms with E-state index in [2.05, 4.69) is 25.0 Å². The molecule has 0 saturated carbocycles. The molecule has 0 spiro atoms. The number of hydrogen-bond acceptors (Lipinski definition) is 6. The predicted octanol–water partition coefficient (Wildman–Crippen LogP) is 1.81. The Labute approximate surface area is 148 Å². The number of aryl methyl sites for hydroxylation is 2. The van der Waals surface area contributed by atoms with Crippen LogP contribution in [0.1, 0.15) is 23.1 Å². The van der Waals surface area contributed by atoms with Gasteiger partial charge in [0.05, 0.1) is 18.2 Å². The molecule has 26 heavy (non-hydrogen) atoms. The van der Waals surface area contributed by atoms with Crippen LogP contribution in [0.25, 0.3) is 33.6 Å². The maximum Gasteiger partial charge on any atom is 0.267 e. The van der Waals surface area contributed by atoms with Crippen LogP contribution in [0.15, 0.2) is 18.3 Å². The second kappa shape index (κ2) is 5.80. The first kappa shape index (κ1) is 16.0. The topological polar surface area (TPSA) is 125 Å². The summed E-state index contributed by atoms with van der Waals surface area (Å²) in [5, 5.41) is 5.11. The second-order valence-electron chi connectivity index (χ2n) is 5.87. The van der Waals surface area contributed by atoms with Crippen molar-refractivity contribution in [2.24, 2.45) is 5.73 Å². The number of carbonyl (C=O) groups is 1. The first-order valence-corrected chi connectivity index (χ1v) is 8.10. The zero-order valence-electron chi connectivity index (χ0n) is 14.6. The highest BCUT2D eigenvalue weighted by Gasteiger charge is 2.17. The van der Waals surface area contributed by atoms with Gasteiger partial charge in [0, 0.05) is 18.8 Å².